The maximum absolute atomic E-state index is 4.56. The van der Waals surface area contributed by atoms with E-state index in [1.165, 1.54) is 4.90 Å². The first kappa shape index (κ1) is 13.6. The number of nitrogens with zero attached hydrogens (tertiary/aromatic N) is 2. The number of rotatable bonds is 4. The second-order valence-corrected chi connectivity index (χ2v) is 5.51. The molecule has 1 aromatic heterocycles. The molecule has 3 rings (SSSR count). The van der Waals surface area contributed by atoms with Crippen LogP contribution in [0.4, 0.5) is 5.69 Å². The van der Waals surface area contributed by atoms with Crippen molar-refractivity contribution in [1.29, 1.82) is 0 Å². The molecule has 102 valence electrons. The van der Waals surface area contributed by atoms with Crippen molar-refractivity contribution >= 4 is 23.7 Å². The minimum atomic E-state index is 0.858. The monoisotopic (exact) mass is 290 g/mol. The van der Waals surface area contributed by atoms with Gasteiger partial charge in [-0.05, 0) is 36.4 Å². The van der Waals surface area contributed by atoms with E-state index in [9.17, 15) is 0 Å². The Bertz CT molecular complexity index is 724. The van der Waals surface area contributed by atoms with E-state index in [-0.39, 0.29) is 0 Å². The number of aromatic nitrogens is 1. The van der Waals surface area contributed by atoms with Crippen molar-refractivity contribution in [2.45, 2.75) is 9.79 Å². The van der Waals surface area contributed by atoms with Gasteiger partial charge in [0, 0.05) is 16.0 Å². The standard InChI is InChI=1S/C18H14N2S/c1-2-9-16(10-3-1)21-18-12-5-4-11-17(18)20-14-15-8-6-7-13-19-15/h1-14H. The topological polar surface area (TPSA) is 25.2 Å². The lowest BCUT2D eigenvalue weighted by atomic mass is 10.3. The lowest BCUT2D eigenvalue weighted by Gasteiger charge is -2.04. The van der Waals surface area contributed by atoms with Gasteiger partial charge in [0.15, 0.2) is 0 Å². The van der Waals surface area contributed by atoms with Gasteiger partial charge in [0.05, 0.1) is 17.6 Å². The minimum absolute atomic E-state index is 0.858. The first-order valence-corrected chi connectivity index (χ1v) is 7.50. The third-order valence-electron chi connectivity index (χ3n) is 2.86. The van der Waals surface area contributed by atoms with Crippen LogP contribution in [0.15, 0.2) is 93.8 Å². The van der Waals surface area contributed by atoms with Gasteiger partial charge in [-0.25, -0.2) is 0 Å². The fourth-order valence-electron chi connectivity index (χ4n) is 1.85. The Morgan fingerprint density at radius 2 is 1.57 bits per heavy atom. The normalized spacial score (nSPS) is 10.9. The molecule has 0 aliphatic carbocycles. The highest BCUT2D eigenvalue weighted by Gasteiger charge is 2.02. The fourth-order valence-corrected chi connectivity index (χ4v) is 2.77. The van der Waals surface area contributed by atoms with Crippen molar-refractivity contribution in [3.63, 3.8) is 0 Å². The number of aliphatic imine (C=N–C) groups is 1. The summed E-state index contributed by atoms with van der Waals surface area (Å²) < 4.78 is 0. The third-order valence-corrected chi connectivity index (χ3v) is 3.93. The second-order valence-electron chi connectivity index (χ2n) is 4.40. The van der Waals surface area contributed by atoms with Crippen LogP contribution in [0.1, 0.15) is 5.69 Å². The van der Waals surface area contributed by atoms with Crippen molar-refractivity contribution in [2.24, 2.45) is 4.99 Å². The SMILES string of the molecule is C(=Nc1ccccc1Sc1ccccc1)c1ccccn1. The Morgan fingerprint density at radius 1 is 0.810 bits per heavy atom. The van der Waals surface area contributed by atoms with E-state index >= 15 is 0 Å². The summed E-state index contributed by atoms with van der Waals surface area (Å²) in [7, 11) is 0. The largest absolute Gasteiger partial charge is 0.255 e. The molecule has 0 saturated heterocycles. The number of hydrogen-bond donors (Lipinski definition) is 0. The van der Waals surface area contributed by atoms with Crippen LogP contribution < -0.4 is 0 Å². The predicted molar refractivity (Wildman–Crippen MR) is 88.5 cm³/mol. The van der Waals surface area contributed by atoms with Gasteiger partial charge in [0.1, 0.15) is 0 Å². The van der Waals surface area contributed by atoms with Crippen molar-refractivity contribution in [1.82, 2.24) is 4.98 Å². The summed E-state index contributed by atoms with van der Waals surface area (Å²) in [5.41, 5.74) is 1.81. The van der Waals surface area contributed by atoms with E-state index in [1.807, 2.05) is 54.6 Å². The lowest BCUT2D eigenvalue weighted by Crippen LogP contribution is -1.84. The molecule has 1 heterocycles. The highest BCUT2D eigenvalue weighted by Crippen LogP contribution is 2.34. The summed E-state index contributed by atoms with van der Waals surface area (Å²) in [5.74, 6) is 0. The minimum Gasteiger partial charge on any atom is -0.255 e. The van der Waals surface area contributed by atoms with Gasteiger partial charge in [-0.3, -0.25) is 9.98 Å². The maximum atomic E-state index is 4.56. The summed E-state index contributed by atoms with van der Waals surface area (Å²) in [5, 5.41) is 0. The molecule has 0 amide bonds. The first-order chi connectivity index (χ1) is 10.4. The van der Waals surface area contributed by atoms with Crippen LogP contribution in [0.5, 0.6) is 0 Å². The van der Waals surface area contributed by atoms with Crippen molar-refractivity contribution in [3.8, 4) is 0 Å². The lowest BCUT2D eigenvalue weighted by molar-refractivity contribution is 1.29. The average Bonchev–Trinajstić information content (AvgIpc) is 2.56. The van der Waals surface area contributed by atoms with E-state index < -0.39 is 0 Å². The molecule has 0 N–H and O–H groups in total. The van der Waals surface area contributed by atoms with E-state index in [4.69, 9.17) is 0 Å². The fraction of sp³-hybridized carbons (Fsp3) is 0. The van der Waals surface area contributed by atoms with Gasteiger partial charge in [-0.2, -0.15) is 0 Å². The molecule has 0 unspecified atom stereocenters. The van der Waals surface area contributed by atoms with E-state index in [0.29, 0.717) is 0 Å². The summed E-state index contributed by atoms with van der Waals surface area (Å²) in [6, 6.07) is 24.2. The van der Waals surface area contributed by atoms with E-state index in [2.05, 4.69) is 28.2 Å². The number of para-hydroxylation sites is 1. The van der Waals surface area contributed by atoms with Crippen LogP contribution in [-0.4, -0.2) is 11.2 Å². The molecule has 3 heteroatoms. The van der Waals surface area contributed by atoms with Crippen LogP contribution in [0.3, 0.4) is 0 Å². The average molecular weight is 290 g/mol. The molecule has 0 spiro atoms. The molecule has 0 fully saturated rings. The zero-order valence-corrected chi connectivity index (χ0v) is 12.2. The molecule has 21 heavy (non-hydrogen) atoms. The molecule has 0 radical (unpaired) electrons. The van der Waals surface area contributed by atoms with Gasteiger partial charge in [-0.15, -0.1) is 0 Å². The smallest absolute Gasteiger partial charge is 0.0812 e. The zero-order valence-electron chi connectivity index (χ0n) is 11.4. The number of pyridine rings is 1. The Labute approximate surface area is 128 Å². The summed E-state index contributed by atoms with van der Waals surface area (Å²) in [6.45, 7) is 0. The molecule has 0 aliphatic heterocycles. The molecule has 2 nitrogen and oxygen atoms in total. The van der Waals surface area contributed by atoms with Crippen LogP contribution in [0.25, 0.3) is 0 Å². The van der Waals surface area contributed by atoms with E-state index in [1.54, 1.807) is 24.2 Å². The third kappa shape index (κ3) is 3.80. The summed E-state index contributed by atoms with van der Waals surface area (Å²) >= 11 is 1.72. The highest BCUT2D eigenvalue weighted by molar-refractivity contribution is 7.99. The molecular weight excluding hydrogens is 276 g/mol. The zero-order chi connectivity index (χ0) is 14.3. The molecule has 0 aliphatic rings. The Morgan fingerprint density at radius 3 is 2.38 bits per heavy atom. The quantitative estimate of drug-likeness (QED) is 0.633. The number of hydrogen-bond acceptors (Lipinski definition) is 3. The predicted octanol–water partition coefficient (Wildman–Crippen LogP) is 4.98. The molecule has 3 aromatic rings. The second kappa shape index (κ2) is 6.86. The van der Waals surface area contributed by atoms with Crippen LogP contribution in [0, 0.1) is 0 Å². The van der Waals surface area contributed by atoms with Gasteiger partial charge < -0.3 is 0 Å². The van der Waals surface area contributed by atoms with Crippen molar-refractivity contribution < 1.29 is 0 Å². The van der Waals surface area contributed by atoms with Gasteiger partial charge in [0.25, 0.3) is 0 Å². The molecule has 0 atom stereocenters. The van der Waals surface area contributed by atoms with Gasteiger partial charge >= 0.3 is 0 Å². The molecule has 2 aromatic carbocycles. The van der Waals surface area contributed by atoms with E-state index in [0.717, 1.165) is 16.3 Å². The summed E-state index contributed by atoms with van der Waals surface area (Å²) in [6.07, 6.45) is 3.57. The maximum Gasteiger partial charge on any atom is 0.0812 e. The summed E-state index contributed by atoms with van der Waals surface area (Å²) in [4.78, 5) is 11.2. The van der Waals surface area contributed by atoms with Crippen molar-refractivity contribution in [3.05, 3.63) is 84.7 Å². The Kier molecular flexibility index (Phi) is 4.44. The van der Waals surface area contributed by atoms with Gasteiger partial charge in [0.2, 0.25) is 0 Å². The molecule has 0 bridgehead atoms. The molecular formula is C18H14N2S. The van der Waals surface area contributed by atoms with Crippen LogP contribution >= 0.6 is 11.8 Å². The first-order valence-electron chi connectivity index (χ1n) is 6.69. The van der Waals surface area contributed by atoms with Crippen LogP contribution in [-0.2, 0) is 0 Å². The Balaban J connectivity index is 1.84. The number of benzene rings is 2. The van der Waals surface area contributed by atoms with Crippen LogP contribution in [0.2, 0.25) is 0 Å². The van der Waals surface area contributed by atoms with Crippen molar-refractivity contribution in [2.75, 3.05) is 0 Å². The Hall–Kier alpha value is -2.39. The molecule has 0 saturated carbocycles. The van der Waals surface area contributed by atoms with Gasteiger partial charge in [-0.1, -0.05) is 48.2 Å². The highest BCUT2D eigenvalue weighted by atomic mass is 32.2.